The van der Waals surface area contributed by atoms with Gasteiger partial charge in [0.25, 0.3) is 5.91 Å². The van der Waals surface area contributed by atoms with Crippen molar-refractivity contribution in [2.45, 2.75) is 9.79 Å². The molecule has 1 aromatic heterocycles. The molecule has 0 unspecified atom stereocenters. The maximum atomic E-state index is 12.1. The Hall–Kier alpha value is -2.46. The fraction of sp³-hybridized carbons (Fsp3) is 0. The van der Waals surface area contributed by atoms with Gasteiger partial charge in [-0.15, -0.1) is 0 Å². The minimum atomic E-state index is -0.249. The molecule has 3 nitrogen and oxygen atoms in total. The zero-order valence-electron chi connectivity index (χ0n) is 11.2. The van der Waals surface area contributed by atoms with Gasteiger partial charge in [-0.25, -0.2) is 0 Å². The van der Waals surface area contributed by atoms with Gasteiger partial charge in [-0.2, -0.15) is 0 Å². The number of anilines is 1. The predicted molar refractivity (Wildman–Crippen MR) is 83.7 cm³/mol. The van der Waals surface area contributed by atoms with E-state index in [-0.39, 0.29) is 5.91 Å². The molecule has 0 bridgehead atoms. The fourth-order valence-electron chi connectivity index (χ4n) is 1.87. The first-order valence-electron chi connectivity index (χ1n) is 6.50. The highest BCUT2D eigenvalue weighted by molar-refractivity contribution is 7.99. The van der Waals surface area contributed by atoms with Gasteiger partial charge in [-0.05, 0) is 36.4 Å². The summed E-state index contributed by atoms with van der Waals surface area (Å²) < 4.78 is 5.11. The SMILES string of the molecule is O=C(Nc1ccccc1Sc1ccccc1)c1ccco1. The van der Waals surface area contributed by atoms with E-state index in [1.54, 1.807) is 23.9 Å². The molecule has 0 spiro atoms. The van der Waals surface area contributed by atoms with Crippen molar-refractivity contribution >= 4 is 23.4 Å². The lowest BCUT2D eigenvalue weighted by Crippen LogP contribution is -2.11. The lowest BCUT2D eigenvalue weighted by atomic mass is 10.3. The largest absolute Gasteiger partial charge is 0.459 e. The summed E-state index contributed by atoms with van der Waals surface area (Å²) in [5.41, 5.74) is 0.771. The van der Waals surface area contributed by atoms with Crippen LogP contribution in [0.1, 0.15) is 10.6 Å². The maximum absolute atomic E-state index is 12.1. The highest BCUT2D eigenvalue weighted by Crippen LogP contribution is 2.33. The molecule has 1 amide bonds. The summed E-state index contributed by atoms with van der Waals surface area (Å²) in [7, 11) is 0. The van der Waals surface area contributed by atoms with E-state index in [0.717, 1.165) is 15.5 Å². The molecule has 0 aliphatic carbocycles. The topological polar surface area (TPSA) is 42.2 Å². The molecule has 3 rings (SSSR count). The van der Waals surface area contributed by atoms with Gasteiger partial charge >= 0.3 is 0 Å². The minimum Gasteiger partial charge on any atom is -0.459 e. The number of rotatable bonds is 4. The van der Waals surface area contributed by atoms with Crippen LogP contribution in [0.15, 0.2) is 87.2 Å². The van der Waals surface area contributed by atoms with Gasteiger partial charge in [-0.3, -0.25) is 4.79 Å². The van der Waals surface area contributed by atoms with Gasteiger partial charge < -0.3 is 9.73 Å². The Bertz CT molecular complexity index is 724. The van der Waals surface area contributed by atoms with Gasteiger partial charge in [0.15, 0.2) is 5.76 Å². The summed E-state index contributed by atoms with van der Waals surface area (Å²) in [6, 6.07) is 21.1. The van der Waals surface area contributed by atoms with Crippen LogP contribution in [0.2, 0.25) is 0 Å². The number of para-hydroxylation sites is 1. The maximum Gasteiger partial charge on any atom is 0.291 e. The van der Waals surface area contributed by atoms with Crippen molar-refractivity contribution in [3.05, 3.63) is 78.8 Å². The van der Waals surface area contributed by atoms with E-state index < -0.39 is 0 Å². The van der Waals surface area contributed by atoms with Gasteiger partial charge in [0.2, 0.25) is 0 Å². The molecule has 0 fully saturated rings. The second-order valence-electron chi connectivity index (χ2n) is 4.34. The van der Waals surface area contributed by atoms with Gasteiger partial charge in [0.05, 0.1) is 12.0 Å². The summed E-state index contributed by atoms with van der Waals surface area (Å²) in [6.45, 7) is 0. The molecular formula is C17H13NO2S. The summed E-state index contributed by atoms with van der Waals surface area (Å²) in [5.74, 6) is 0.0515. The minimum absolute atomic E-state index is 0.249. The molecule has 104 valence electrons. The normalized spacial score (nSPS) is 10.3. The van der Waals surface area contributed by atoms with E-state index in [9.17, 15) is 4.79 Å². The molecule has 0 aliphatic rings. The predicted octanol–water partition coefficient (Wildman–Crippen LogP) is 4.68. The Kier molecular flexibility index (Phi) is 4.07. The summed E-state index contributed by atoms with van der Waals surface area (Å²) in [4.78, 5) is 14.2. The number of furan rings is 1. The average Bonchev–Trinajstić information content (AvgIpc) is 3.05. The molecule has 0 aliphatic heterocycles. The highest BCUT2D eigenvalue weighted by Gasteiger charge is 2.11. The van der Waals surface area contributed by atoms with E-state index in [4.69, 9.17) is 4.42 Å². The molecule has 1 N–H and O–H groups in total. The van der Waals surface area contributed by atoms with Crippen LogP contribution in [0.25, 0.3) is 0 Å². The Morgan fingerprint density at radius 2 is 1.67 bits per heavy atom. The zero-order valence-corrected chi connectivity index (χ0v) is 12.0. The number of hydrogen-bond donors (Lipinski definition) is 1. The zero-order chi connectivity index (χ0) is 14.5. The van der Waals surface area contributed by atoms with Crippen LogP contribution < -0.4 is 5.32 Å². The highest BCUT2D eigenvalue weighted by atomic mass is 32.2. The van der Waals surface area contributed by atoms with E-state index in [1.165, 1.54) is 6.26 Å². The molecule has 0 radical (unpaired) electrons. The van der Waals surface area contributed by atoms with E-state index in [2.05, 4.69) is 5.32 Å². The Balaban J connectivity index is 1.81. The number of carbonyl (C=O) groups is 1. The smallest absolute Gasteiger partial charge is 0.291 e. The van der Waals surface area contributed by atoms with Crippen molar-refractivity contribution in [3.63, 3.8) is 0 Å². The van der Waals surface area contributed by atoms with Crippen LogP contribution in [0, 0.1) is 0 Å². The monoisotopic (exact) mass is 295 g/mol. The van der Waals surface area contributed by atoms with Crippen molar-refractivity contribution in [3.8, 4) is 0 Å². The van der Waals surface area contributed by atoms with Crippen molar-refractivity contribution in [2.75, 3.05) is 5.32 Å². The first-order chi connectivity index (χ1) is 10.3. The van der Waals surface area contributed by atoms with Crippen LogP contribution in [-0.2, 0) is 0 Å². The molecular weight excluding hydrogens is 282 g/mol. The standard InChI is InChI=1S/C17H13NO2S/c19-17(15-10-6-12-20-15)18-14-9-4-5-11-16(14)21-13-7-2-1-3-8-13/h1-12H,(H,18,19). The van der Waals surface area contributed by atoms with Crippen molar-refractivity contribution in [2.24, 2.45) is 0 Å². The molecule has 1 heterocycles. The van der Waals surface area contributed by atoms with Gasteiger partial charge in [0, 0.05) is 9.79 Å². The van der Waals surface area contributed by atoms with Crippen LogP contribution in [0.5, 0.6) is 0 Å². The third kappa shape index (κ3) is 3.35. The van der Waals surface area contributed by atoms with Crippen molar-refractivity contribution in [1.29, 1.82) is 0 Å². The van der Waals surface area contributed by atoms with Crippen molar-refractivity contribution in [1.82, 2.24) is 0 Å². The molecule has 21 heavy (non-hydrogen) atoms. The first kappa shape index (κ1) is 13.5. The van der Waals surface area contributed by atoms with Crippen molar-refractivity contribution < 1.29 is 9.21 Å². The third-order valence-corrected chi connectivity index (χ3v) is 3.94. The van der Waals surface area contributed by atoms with Crippen LogP contribution in [-0.4, -0.2) is 5.91 Å². The third-order valence-electron chi connectivity index (χ3n) is 2.85. The number of benzene rings is 2. The second kappa shape index (κ2) is 6.33. The molecule has 0 atom stereocenters. The molecule has 3 aromatic rings. The van der Waals surface area contributed by atoms with Crippen LogP contribution in [0.4, 0.5) is 5.69 Å². The molecule has 2 aromatic carbocycles. The van der Waals surface area contributed by atoms with Crippen LogP contribution >= 0.6 is 11.8 Å². The molecule has 4 heteroatoms. The number of amides is 1. The van der Waals surface area contributed by atoms with E-state index in [1.807, 2.05) is 54.6 Å². The Morgan fingerprint density at radius 1 is 0.905 bits per heavy atom. The Labute approximate surface area is 127 Å². The second-order valence-corrected chi connectivity index (χ2v) is 5.46. The van der Waals surface area contributed by atoms with Gasteiger partial charge in [-0.1, -0.05) is 42.1 Å². The lowest BCUT2D eigenvalue weighted by Gasteiger charge is -2.09. The summed E-state index contributed by atoms with van der Waals surface area (Å²) in [5, 5.41) is 2.88. The lowest BCUT2D eigenvalue weighted by molar-refractivity contribution is 0.0996. The quantitative estimate of drug-likeness (QED) is 0.759. The Morgan fingerprint density at radius 3 is 2.43 bits per heavy atom. The fourth-order valence-corrected chi connectivity index (χ4v) is 2.79. The summed E-state index contributed by atoms with van der Waals surface area (Å²) >= 11 is 1.61. The number of nitrogens with one attached hydrogen (secondary N) is 1. The number of hydrogen-bond acceptors (Lipinski definition) is 3. The number of carbonyl (C=O) groups excluding carboxylic acids is 1. The van der Waals surface area contributed by atoms with Crippen LogP contribution in [0.3, 0.4) is 0 Å². The molecule has 0 saturated carbocycles. The van der Waals surface area contributed by atoms with E-state index >= 15 is 0 Å². The van der Waals surface area contributed by atoms with Gasteiger partial charge in [0.1, 0.15) is 0 Å². The summed E-state index contributed by atoms with van der Waals surface area (Å²) in [6.07, 6.45) is 1.49. The first-order valence-corrected chi connectivity index (χ1v) is 7.31. The van der Waals surface area contributed by atoms with E-state index in [0.29, 0.717) is 5.76 Å². The average molecular weight is 295 g/mol. The molecule has 0 saturated heterocycles.